The number of rotatable bonds is 2. The number of hydrogen-bond donors (Lipinski definition) is 0. The van der Waals surface area contributed by atoms with Crippen LogP contribution in [-0.2, 0) is 0 Å². The molecule has 12 heavy (non-hydrogen) atoms. The molecule has 0 unspecified atom stereocenters. The third-order valence-corrected chi connectivity index (χ3v) is 1.96. The molecule has 0 aliphatic carbocycles. The summed E-state index contributed by atoms with van der Waals surface area (Å²) < 4.78 is 0. The van der Waals surface area contributed by atoms with Crippen LogP contribution < -0.4 is 0 Å². The lowest BCUT2D eigenvalue weighted by Crippen LogP contribution is -1.78. The highest BCUT2D eigenvalue weighted by Crippen LogP contribution is 2.17. The van der Waals surface area contributed by atoms with Gasteiger partial charge in [0.1, 0.15) is 0 Å². The third-order valence-electron chi connectivity index (χ3n) is 1.71. The van der Waals surface area contributed by atoms with Crippen LogP contribution >= 0.6 is 11.6 Å². The SMILES string of the molecule is C=CC(=CC)c1ccc(Cl)cc1. The van der Waals surface area contributed by atoms with Crippen LogP contribution in [0.3, 0.4) is 0 Å². The Bertz CT molecular complexity index is 293. The van der Waals surface area contributed by atoms with Crippen molar-refractivity contribution in [3.63, 3.8) is 0 Å². The number of hydrogen-bond acceptors (Lipinski definition) is 0. The van der Waals surface area contributed by atoms with E-state index in [1.165, 1.54) is 0 Å². The topological polar surface area (TPSA) is 0 Å². The Labute approximate surface area is 78.2 Å². The summed E-state index contributed by atoms with van der Waals surface area (Å²) in [4.78, 5) is 0. The van der Waals surface area contributed by atoms with Crippen molar-refractivity contribution in [1.82, 2.24) is 0 Å². The first-order valence-corrected chi connectivity index (χ1v) is 4.20. The molecule has 0 atom stereocenters. The molecule has 62 valence electrons. The van der Waals surface area contributed by atoms with Crippen LogP contribution in [0.5, 0.6) is 0 Å². The van der Waals surface area contributed by atoms with E-state index in [2.05, 4.69) is 6.58 Å². The first kappa shape index (κ1) is 9.08. The zero-order valence-corrected chi connectivity index (χ0v) is 7.81. The van der Waals surface area contributed by atoms with E-state index in [9.17, 15) is 0 Å². The summed E-state index contributed by atoms with van der Waals surface area (Å²) in [5.41, 5.74) is 2.28. The summed E-state index contributed by atoms with van der Waals surface area (Å²) in [6.45, 7) is 5.72. The predicted molar refractivity (Wildman–Crippen MR) is 55.3 cm³/mol. The first-order valence-electron chi connectivity index (χ1n) is 3.82. The van der Waals surface area contributed by atoms with Gasteiger partial charge in [-0.2, -0.15) is 0 Å². The van der Waals surface area contributed by atoms with Gasteiger partial charge in [-0.3, -0.25) is 0 Å². The van der Waals surface area contributed by atoms with Gasteiger partial charge in [0.2, 0.25) is 0 Å². The molecule has 1 aromatic carbocycles. The second-order valence-corrected chi connectivity index (χ2v) is 2.89. The van der Waals surface area contributed by atoms with Gasteiger partial charge in [0.25, 0.3) is 0 Å². The molecule has 0 fully saturated rings. The van der Waals surface area contributed by atoms with Crippen LogP contribution in [-0.4, -0.2) is 0 Å². The summed E-state index contributed by atoms with van der Waals surface area (Å²) in [6.07, 6.45) is 3.86. The lowest BCUT2D eigenvalue weighted by atomic mass is 10.1. The Morgan fingerprint density at radius 2 is 1.92 bits per heavy atom. The fraction of sp³-hybridized carbons (Fsp3) is 0.0909. The van der Waals surface area contributed by atoms with Crippen LogP contribution in [0.15, 0.2) is 43.0 Å². The molecule has 0 N–H and O–H groups in total. The minimum Gasteiger partial charge on any atom is -0.0985 e. The zero-order valence-electron chi connectivity index (χ0n) is 7.05. The van der Waals surface area contributed by atoms with E-state index in [4.69, 9.17) is 11.6 Å². The van der Waals surface area contributed by atoms with Gasteiger partial charge in [0.05, 0.1) is 0 Å². The molecule has 0 radical (unpaired) electrons. The van der Waals surface area contributed by atoms with Crippen LogP contribution in [0.25, 0.3) is 5.57 Å². The molecule has 0 saturated carbocycles. The lowest BCUT2D eigenvalue weighted by Gasteiger charge is -2.00. The average molecular weight is 179 g/mol. The molecular weight excluding hydrogens is 168 g/mol. The van der Waals surface area contributed by atoms with E-state index in [0.29, 0.717) is 0 Å². The number of halogens is 1. The Morgan fingerprint density at radius 1 is 1.33 bits per heavy atom. The smallest absolute Gasteiger partial charge is 0.0406 e. The maximum absolute atomic E-state index is 5.76. The lowest BCUT2D eigenvalue weighted by molar-refractivity contribution is 1.60. The quantitative estimate of drug-likeness (QED) is 0.602. The molecule has 0 aliphatic rings. The summed E-state index contributed by atoms with van der Waals surface area (Å²) in [7, 11) is 0. The number of allylic oxidation sites excluding steroid dienone is 3. The van der Waals surface area contributed by atoms with Gasteiger partial charge in [-0.05, 0) is 30.2 Å². The standard InChI is InChI=1S/C11H11Cl/c1-3-9(4-2)10-5-7-11(12)8-6-10/h3-8H,1H2,2H3. The van der Waals surface area contributed by atoms with Crippen molar-refractivity contribution < 1.29 is 0 Å². The van der Waals surface area contributed by atoms with Gasteiger partial charge in [-0.1, -0.05) is 42.5 Å². The van der Waals surface area contributed by atoms with Crippen molar-refractivity contribution in [1.29, 1.82) is 0 Å². The molecule has 0 saturated heterocycles. The fourth-order valence-corrected chi connectivity index (χ4v) is 1.17. The Hall–Kier alpha value is -1.01. The van der Waals surface area contributed by atoms with Gasteiger partial charge < -0.3 is 0 Å². The van der Waals surface area contributed by atoms with E-state index >= 15 is 0 Å². The van der Waals surface area contributed by atoms with Gasteiger partial charge in [-0.15, -0.1) is 0 Å². The van der Waals surface area contributed by atoms with Crippen molar-refractivity contribution in [3.8, 4) is 0 Å². The zero-order chi connectivity index (χ0) is 8.97. The van der Waals surface area contributed by atoms with Crippen LogP contribution in [0, 0.1) is 0 Å². The van der Waals surface area contributed by atoms with Crippen LogP contribution in [0.4, 0.5) is 0 Å². The second kappa shape index (κ2) is 4.13. The highest BCUT2D eigenvalue weighted by atomic mass is 35.5. The van der Waals surface area contributed by atoms with Crippen LogP contribution in [0.1, 0.15) is 12.5 Å². The molecule has 1 aromatic rings. The summed E-state index contributed by atoms with van der Waals surface area (Å²) >= 11 is 5.76. The molecule has 0 aliphatic heterocycles. The van der Waals surface area contributed by atoms with Crippen molar-refractivity contribution in [2.24, 2.45) is 0 Å². The van der Waals surface area contributed by atoms with E-state index in [1.54, 1.807) is 0 Å². The highest BCUT2D eigenvalue weighted by Gasteiger charge is 1.94. The summed E-state index contributed by atoms with van der Waals surface area (Å²) in [5.74, 6) is 0. The third kappa shape index (κ3) is 1.99. The Morgan fingerprint density at radius 3 is 2.33 bits per heavy atom. The normalized spacial score (nSPS) is 11.3. The molecule has 0 spiro atoms. The highest BCUT2D eigenvalue weighted by molar-refractivity contribution is 6.30. The minimum absolute atomic E-state index is 0.762. The summed E-state index contributed by atoms with van der Waals surface area (Å²) in [5, 5.41) is 0.762. The molecular formula is C11H11Cl. The molecule has 1 heteroatoms. The van der Waals surface area contributed by atoms with Crippen LogP contribution in [0.2, 0.25) is 5.02 Å². The second-order valence-electron chi connectivity index (χ2n) is 2.46. The van der Waals surface area contributed by atoms with Gasteiger partial charge >= 0.3 is 0 Å². The maximum atomic E-state index is 5.76. The van der Waals surface area contributed by atoms with E-state index in [1.807, 2.05) is 43.3 Å². The average Bonchev–Trinajstić information content (AvgIpc) is 2.10. The first-order chi connectivity index (χ1) is 5.77. The van der Waals surface area contributed by atoms with Crippen molar-refractivity contribution in [2.45, 2.75) is 6.92 Å². The Kier molecular flexibility index (Phi) is 3.12. The Balaban J connectivity index is 3.04. The van der Waals surface area contributed by atoms with Gasteiger partial charge in [-0.25, -0.2) is 0 Å². The fourth-order valence-electron chi connectivity index (χ4n) is 1.04. The molecule has 0 heterocycles. The predicted octanol–water partition coefficient (Wildman–Crippen LogP) is 3.93. The van der Waals surface area contributed by atoms with Crippen molar-refractivity contribution in [2.75, 3.05) is 0 Å². The van der Waals surface area contributed by atoms with Crippen molar-refractivity contribution in [3.05, 3.63) is 53.6 Å². The molecule has 0 amide bonds. The van der Waals surface area contributed by atoms with E-state index < -0.39 is 0 Å². The summed E-state index contributed by atoms with van der Waals surface area (Å²) in [6, 6.07) is 7.73. The number of benzene rings is 1. The molecule has 0 nitrogen and oxygen atoms in total. The molecule has 1 rings (SSSR count). The molecule has 0 aromatic heterocycles. The van der Waals surface area contributed by atoms with Crippen molar-refractivity contribution >= 4 is 17.2 Å². The van der Waals surface area contributed by atoms with Gasteiger partial charge in [0, 0.05) is 5.02 Å². The van der Waals surface area contributed by atoms with E-state index in [0.717, 1.165) is 16.2 Å². The minimum atomic E-state index is 0.762. The largest absolute Gasteiger partial charge is 0.0985 e. The van der Waals surface area contributed by atoms with E-state index in [-0.39, 0.29) is 0 Å². The maximum Gasteiger partial charge on any atom is 0.0406 e. The monoisotopic (exact) mass is 178 g/mol. The molecule has 0 bridgehead atoms. The van der Waals surface area contributed by atoms with Gasteiger partial charge in [0.15, 0.2) is 0 Å².